The van der Waals surface area contributed by atoms with Crippen LogP contribution < -0.4 is 11.1 Å². The zero-order valence-electron chi connectivity index (χ0n) is 9.03. The van der Waals surface area contributed by atoms with Crippen LogP contribution in [0.25, 0.3) is 0 Å². The molecule has 0 bridgehead atoms. The summed E-state index contributed by atoms with van der Waals surface area (Å²) >= 11 is 3.38. The number of benzene rings is 1. The molecule has 0 fully saturated rings. The second kappa shape index (κ2) is 5.86. The smallest absolute Gasteiger partial charge is 0.304 e. The van der Waals surface area contributed by atoms with Crippen molar-refractivity contribution in [1.82, 2.24) is 0 Å². The summed E-state index contributed by atoms with van der Waals surface area (Å²) in [5.74, 6) is -0.873. The Morgan fingerprint density at radius 1 is 1.62 bits per heavy atom. The SMILES string of the molecule is Cc1cc(Br)ccc1NCC(N)CC(=O)O. The van der Waals surface area contributed by atoms with Crippen molar-refractivity contribution in [3.05, 3.63) is 28.2 Å². The highest BCUT2D eigenvalue weighted by atomic mass is 79.9. The Balaban J connectivity index is 2.51. The summed E-state index contributed by atoms with van der Waals surface area (Å²) in [6.45, 7) is 2.44. The zero-order chi connectivity index (χ0) is 12.1. The van der Waals surface area contributed by atoms with Gasteiger partial charge < -0.3 is 16.2 Å². The molecule has 0 aliphatic rings. The molecule has 0 spiro atoms. The molecule has 0 radical (unpaired) electrons. The number of nitrogens with one attached hydrogen (secondary N) is 1. The van der Waals surface area contributed by atoms with Gasteiger partial charge in [-0.15, -0.1) is 0 Å². The number of anilines is 1. The van der Waals surface area contributed by atoms with E-state index in [1.54, 1.807) is 0 Å². The topological polar surface area (TPSA) is 75.3 Å². The molecular formula is C11H15BrN2O2. The molecular weight excluding hydrogens is 272 g/mol. The van der Waals surface area contributed by atoms with E-state index in [4.69, 9.17) is 10.8 Å². The van der Waals surface area contributed by atoms with Crippen LogP contribution in [0.15, 0.2) is 22.7 Å². The van der Waals surface area contributed by atoms with Gasteiger partial charge in [0.25, 0.3) is 0 Å². The number of hydrogen-bond donors (Lipinski definition) is 3. The molecule has 0 saturated heterocycles. The molecule has 4 N–H and O–H groups in total. The van der Waals surface area contributed by atoms with Crippen LogP contribution in [0.5, 0.6) is 0 Å². The summed E-state index contributed by atoms with van der Waals surface area (Å²) in [7, 11) is 0. The summed E-state index contributed by atoms with van der Waals surface area (Å²) < 4.78 is 1.02. The van der Waals surface area contributed by atoms with E-state index >= 15 is 0 Å². The Hall–Kier alpha value is -1.07. The van der Waals surface area contributed by atoms with Crippen molar-refractivity contribution >= 4 is 27.6 Å². The van der Waals surface area contributed by atoms with Crippen molar-refractivity contribution in [3.8, 4) is 0 Å². The van der Waals surface area contributed by atoms with Crippen molar-refractivity contribution in [3.63, 3.8) is 0 Å². The number of aliphatic carboxylic acids is 1. The molecule has 0 amide bonds. The fourth-order valence-electron chi connectivity index (χ4n) is 1.36. The molecule has 5 heteroatoms. The molecule has 1 atom stereocenters. The fraction of sp³-hybridized carbons (Fsp3) is 0.364. The fourth-order valence-corrected chi connectivity index (χ4v) is 1.84. The van der Waals surface area contributed by atoms with E-state index in [2.05, 4.69) is 21.2 Å². The van der Waals surface area contributed by atoms with Gasteiger partial charge in [-0.25, -0.2) is 0 Å². The third-order valence-electron chi connectivity index (χ3n) is 2.18. The number of hydrogen-bond acceptors (Lipinski definition) is 3. The zero-order valence-corrected chi connectivity index (χ0v) is 10.6. The molecule has 88 valence electrons. The van der Waals surface area contributed by atoms with E-state index in [0.29, 0.717) is 6.54 Å². The van der Waals surface area contributed by atoms with Crippen LogP contribution in [0, 0.1) is 6.92 Å². The second-order valence-electron chi connectivity index (χ2n) is 3.70. The first-order chi connectivity index (χ1) is 7.49. The lowest BCUT2D eigenvalue weighted by Crippen LogP contribution is -2.31. The molecule has 1 rings (SSSR count). The molecule has 4 nitrogen and oxygen atoms in total. The maximum atomic E-state index is 10.4. The number of rotatable bonds is 5. The predicted molar refractivity (Wildman–Crippen MR) is 67.6 cm³/mol. The lowest BCUT2D eigenvalue weighted by molar-refractivity contribution is -0.137. The van der Waals surface area contributed by atoms with Gasteiger partial charge in [-0.05, 0) is 30.7 Å². The highest BCUT2D eigenvalue weighted by Crippen LogP contribution is 2.19. The van der Waals surface area contributed by atoms with Crippen molar-refractivity contribution in [1.29, 1.82) is 0 Å². The van der Waals surface area contributed by atoms with Gasteiger partial charge in [-0.3, -0.25) is 4.79 Å². The molecule has 0 heterocycles. The maximum Gasteiger partial charge on any atom is 0.304 e. The number of aryl methyl sites for hydroxylation is 1. The molecule has 0 aliphatic carbocycles. The molecule has 0 saturated carbocycles. The number of nitrogens with two attached hydrogens (primary N) is 1. The average Bonchev–Trinajstić information content (AvgIpc) is 2.15. The van der Waals surface area contributed by atoms with E-state index in [-0.39, 0.29) is 12.5 Å². The number of carboxylic acid groups (broad SMARTS) is 1. The van der Waals surface area contributed by atoms with E-state index in [0.717, 1.165) is 15.7 Å². The Labute approximate surface area is 103 Å². The monoisotopic (exact) mass is 286 g/mol. The van der Waals surface area contributed by atoms with Crippen LogP contribution >= 0.6 is 15.9 Å². The van der Waals surface area contributed by atoms with Crippen molar-refractivity contribution in [2.45, 2.75) is 19.4 Å². The summed E-state index contributed by atoms with van der Waals surface area (Å²) in [6.07, 6.45) is -0.0252. The molecule has 16 heavy (non-hydrogen) atoms. The van der Waals surface area contributed by atoms with Gasteiger partial charge in [-0.2, -0.15) is 0 Å². The van der Waals surface area contributed by atoms with Crippen LogP contribution in [-0.2, 0) is 4.79 Å². The van der Waals surface area contributed by atoms with Gasteiger partial charge in [0, 0.05) is 22.7 Å². The molecule has 1 aromatic rings. The Kier molecular flexibility index (Phi) is 4.76. The first-order valence-electron chi connectivity index (χ1n) is 4.96. The minimum atomic E-state index is -0.873. The van der Waals surface area contributed by atoms with Gasteiger partial charge in [-0.1, -0.05) is 15.9 Å². The molecule has 0 aliphatic heterocycles. The third-order valence-corrected chi connectivity index (χ3v) is 2.67. The van der Waals surface area contributed by atoms with E-state index in [1.165, 1.54) is 0 Å². The maximum absolute atomic E-state index is 10.4. The van der Waals surface area contributed by atoms with Gasteiger partial charge >= 0.3 is 5.97 Å². The Morgan fingerprint density at radius 3 is 2.88 bits per heavy atom. The molecule has 0 aromatic heterocycles. The standard InChI is InChI=1S/C11H15BrN2O2/c1-7-4-8(12)2-3-10(7)14-6-9(13)5-11(15)16/h2-4,9,14H,5-6,13H2,1H3,(H,15,16). The van der Waals surface area contributed by atoms with Crippen LogP contribution in [-0.4, -0.2) is 23.7 Å². The normalized spacial score (nSPS) is 12.2. The van der Waals surface area contributed by atoms with Crippen LogP contribution in [0.3, 0.4) is 0 Å². The minimum absolute atomic E-state index is 0.0252. The predicted octanol–water partition coefficient (Wildman–Crippen LogP) is 1.97. The Bertz CT molecular complexity index is 382. The average molecular weight is 287 g/mol. The van der Waals surface area contributed by atoms with Gasteiger partial charge in [0.2, 0.25) is 0 Å². The van der Waals surface area contributed by atoms with E-state index < -0.39 is 5.97 Å². The quantitative estimate of drug-likeness (QED) is 0.774. The lowest BCUT2D eigenvalue weighted by atomic mass is 10.2. The summed E-state index contributed by atoms with van der Waals surface area (Å²) in [5, 5.41) is 11.7. The van der Waals surface area contributed by atoms with Crippen molar-refractivity contribution < 1.29 is 9.90 Å². The van der Waals surface area contributed by atoms with E-state index in [9.17, 15) is 4.79 Å². The third kappa shape index (κ3) is 4.20. The minimum Gasteiger partial charge on any atom is -0.481 e. The summed E-state index contributed by atoms with van der Waals surface area (Å²) in [4.78, 5) is 10.4. The number of carboxylic acids is 1. The van der Waals surface area contributed by atoms with Gasteiger partial charge in [0.1, 0.15) is 0 Å². The highest BCUT2D eigenvalue weighted by Gasteiger charge is 2.08. The first-order valence-corrected chi connectivity index (χ1v) is 5.75. The number of carbonyl (C=O) groups is 1. The van der Waals surface area contributed by atoms with Crippen LogP contribution in [0.4, 0.5) is 5.69 Å². The molecule has 1 unspecified atom stereocenters. The van der Waals surface area contributed by atoms with Gasteiger partial charge in [0.05, 0.1) is 6.42 Å². The van der Waals surface area contributed by atoms with Crippen molar-refractivity contribution in [2.24, 2.45) is 5.73 Å². The highest BCUT2D eigenvalue weighted by molar-refractivity contribution is 9.10. The number of halogens is 1. The first kappa shape index (κ1) is 13.0. The van der Waals surface area contributed by atoms with Crippen molar-refractivity contribution in [2.75, 3.05) is 11.9 Å². The van der Waals surface area contributed by atoms with Crippen LogP contribution in [0.2, 0.25) is 0 Å². The largest absolute Gasteiger partial charge is 0.481 e. The van der Waals surface area contributed by atoms with Gasteiger partial charge in [0.15, 0.2) is 0 Å². The Morgan fingerprint density at radius 2 is 2.31 bits per heavy atom. The summed E-state index contributed by atoms with van der Waals surface area (Å²) in [6, 6.07) is 5.48. The second-order valence-corrected chi connectivity index (χ2v) is 4.61. The van der Waals surface area contributed by atoms with Crippen LogP contribution in [0.1, 0.15) is 12.0 Å². The van der Waals surface area contributed by atoms with E-state index in [1.807, 2.05) is 25.1 Å². The lowest BCUT2D eigenvalue weighted by Gasteiger charge is -2.13. The molecule has 1 aromatic carbocycles. The summed E-state index contributed by atoms with van der Waals surface area (Å²) in [5.41, 5.74) is 7.72.